The van der Waals surface area contributed by atoms with Gasteiger partial charge in [-0.3, -0.25) is 9.69 Å². The molecule has 5 rings (SSSR count). The number of nitrogens with one attached hydrogen (secondary N) is 1. The molecule has 2 aliphatic rings. The number of nitrogens with zero attached hydrogens (tertiary/aromatic N) is 3. The van der Waals surface area contributed by atoms with Crippen molar-refractivity contribution in [3.63, 3.8) is 0 Å². The van der Waals surface area contributed by atoms with E-state index < -0.39 is 5.56 Å². The van der Waals surface area contributed by atoms with Crippen LogP contribution in [0.25, 0.3) is 0 Å². The molecule has 2 heterocycles. The van der Waals surface area contributed by atoms with E-state index >= 15 is 0 Å². The average molecular weight is 499 g/mol. The molecule has 2 aromatic carbocycles. The van der Waals surface area contributed by atoms with Crippen LogP contribution in [0.4, 0.5) is 0 Å². The van der Waals surface area contributed by atoms with E-state index in [0.717, 1.165) is 56.1 Å². The van der Waals surface area contributed by atoms with Crippen LogP contribution in [0.3, 0.4) is 0 Å². The smallest absolute Gasteiger partial charge is 0.293 e. The van der Waals surface area contributed by atoms with Crippen molar-refractivity contribution in [1.82, 2.24) is 19.8 Å². The predicted octanol–water partition coefficient (Wildman–Crippen LogP) is 3.13. The van der Waals surface area contributed by atoms with Gasteiger partial charge in [0.05, 0.1) is 25.2 Å². The lowest BCUT2D eigenvalue weighted by Gasteiger charge is -2.26. The van der Waals surface area contributed by atoms with Crippen molar-refractivity contribution < 1.29 is 9.84 Å². The number of morpholine rings is 1. The van der Waals surface area contributed by atoms with E-state index in [1.807, 2.05) is 12.1 Å². The number of ether oxygens (including phenoxy) is 1. The van der Waals surface area contributed by atoms with Crippen LogP contribution in [0.2, 0.25) is 0 Å². The van der Waals surface area contributed by atoms with E-state index in [2.05, 4.69) is 75.1 Å². The maximum Gasteiger partial charge on any atom is 0.293 e. The first-order valence-corrected chi connectivity index (χ1v) is 13.0. The van der Waals surface area contributed by atoms with Gasteiger partial charge in [0.2, 0.25) is 5.75 Å². The van der Waals surface area contributed by atoms with Crippen molar-refractivity contribution in [1.29, 1.82) is 0 Å². The van der Waals surface area contributed by atoms with E-state index in [9.17, 15) is 9.90 Å². The SMILES string of the molecule is CN(C[C@H](Cc1nc[nH]c(=O)c1O)c1ccc(C#Cc2ccc(CN3CCOCC3)cc2)cc1)C1CC1. The van der Waals surface area contributed by atoms with Gasteiger partial charge in [-0.05, 0) is 55.3 Å². The van der Waals surface area contributed by atoms with Crippen LogP contribution < -0.4 is 5.56 Å². The van der Waals surface area contributed by atoms with Gasteiger partial charge in [-0.1, -0.05) is 36.1 Å². The van der Waals surface area contributed by atoms with Gasteiger partial charge in [-0.2, -0.15) is 0 Å². The number of benzene rings is 2. The van der Waals surface area contributed by atoms with E-state index in [-0.39, 0.29) is 11.7 Å². The number of rotatable bonds is 8. The van der Waals surface area contributed by atoms with Gasteiger partial charge in [0, 0.05) is 55.7 Å². The van der Waals surface area contributed by atoms with Crippen molar-refractivity contribution in [2.24, 2.45) is 0 Å². The Hall–Kier alpha value is -3.44. The maximum absolute atomic E-state index is 11.9. The molecule has 1 saturated carbocycles. The Morgan fingerprint density at radius 1 is 1.08 bits per heavy atom. The highest BCUT2D eigenvalue weighted by atomic mass is 16.5. The van der Waals surface area contributed by atoms with Gasteiger partial charge < -0.3 is 19.7 Å². The normalized spacial score (nSPS) is 16.8. The van der Waals surface area contributed by atoms with Crippen molar-refractivity contribution in [2.45, 2.75) is 37.8 Å². The molecule has 1 aromatic heterocycles. The van der Waals surface area contributed by atoms with Crippen molar-refractivity contribution in [3.8, 4) is 17.6 Å². The van der Waals surface area contributed by atoms with E-state index in [4.69, 9.17) is 4.74 Å². The highest BCUT2D eigenvalue weighted by Gasteiger charge is 2.29. The van der Waals surface area contributed by atoms with Crippen molar-refractivity contribution in [2.75, 3.05) is 39.9 Å². The minimum atomic E-state index is -0.501. The molecule has 1 aliphatic carbocycles. The quantitative estimate of drug-likeness (QED) is 0.465. The van der Waals surface area contributed by atoms with Gasteiger partial charge >= 0.3 is 0 Å². The number of hydrogen-bond acceptors (Lipinski definition) is 6. The molecule has 1 atom stereocenters. The second-order valence-electron chi connectivity index (χ2n) is 10.1. The molecule has 3 aromatic rings. The Morgan fingerprint density at radius 2 is 1.73 bits per heavy atom. The highest BCUT2D eigenvalue weighted by Crippen LogP contribution is 2.30. The largest absolute Gasteiger partial charge is 0.502 e. The zero-order valence-corrected chi connectivity index (χ0v) is 21.3. The summed E-state index contributed by atoms with van der Waals surface area (Å²) in [6.45, 7) is 5.37. The molecule has 37 heavy (non-hydrogen) atoms. The van der Waals surface area contributed by atoms with E-state index in [1.54, 1.807) is 0 Å². The van der Waals surface area contributed by atoms with Crippen molar-refractivity contribution >= 4 is 0 Å². The summed E-state index contributed by atoms with van der Waals surface area (Å²) in [5, 5.41) is 10.2. The fraction of sp³-hybridized carbons (Fsp3) is 0.400. The van der Waals surface area contributed by atoms with Crippen molar-refractivity contribution in [3.05, 3.63) is 93.2 Å². The number of H-pyrrole nitrogens is 1. The van der Waals surface area contributed by atoms with Gasteiger partial charge in [0.1, 0.15) is 0 Å². The standard InChI is InChI=1S/C30H34N4O3/c1-33(27-12-13-27)20-26(18-28-29(35)30(36)32-21-31-28)25-10-8-23(9-11-25)3-2-22-4-6-24(7-5-22)19-34-14-16-37-17-15-34/h4-11,21,26-27,35H,12-20H2,1H3,(H,31,32,36)/t26-/m0/s1. The van der Waals surface area contributed by atoms with Gasteiger partial charge in [-0.15, -0.1) is 0 Å². The van der Waals surface area contributed by atoms with E-state index in [1.165, 1.54) is 24.7 Å². The van der Waals surface area contributed by atoms with Crippen LogP contribution in [0.5, 0.6) is 5.75 Å². The Bertz CT molecular complexity index is 1300. The Labute approximate surface area is 218 Å². The zero-order chi connectivity index (χ0) is 25.6. The minimum Gasteiger partial charge on any atom is -0.502 e. The molecule has 0 amide bonds. The monoisotopic (exact) mass is 498 g/mol. The first-order chi connectivity index (χ1) is 18.0. The Kier molecular flexibility index (Phi) is 8.00. The summed E-state index contributed by atoms with van der Waals surface area (Å²) in [5.41, 5.74) is 4.31. The molecular weight excluding hydrogens is 464 g/mol. The lowest BCUT2D eigenvalue weighted by atomic mass is 9.92. The van der Waals surface area contributed by atoms with Crippen LogP contribution in [-0.2, 0) is 17.7 Å². The highest BCUT2D eigenvalue weighted by molar-refractivity contribution is 5.44. The third-order valence-corrected chi connectivity index (χ3v) is 7.22. The zero-order valence-electron chi connectivity index (χ0n) is 21.3. The van der Waals surface area contributed by atoms with Crippen LogP contribution in [0.15, 0.2) is 59.7 Å². The lowest BCUT2D eigenvalue weighted by Crippen LogP contribution is -2.35. The number of likely N-dealkylation sites (N-methyl/N-ethyl adjacent to an activating group) is 1. The molecule has 2 fully saturated rings. The summed E-state index contributed by atoms with van der Waals surface area (Å²) in [5.74, 6) is 6.37. The lowest BCUT2D eigenvalue weighted by molar-refractivity contribution is 0.0342. The third-order valence-electron chi connectivity index (χ3n) is 7.22. The molecule has 0 spiro atoms. The molecule has 0 unspecified atom stereocenters. The van der Waals surface area contributed by atoms with Gasteiger partial charge in [0.15, 0.2) is 0 Å². The average Bonchev–Trinajstić information content (AvgIpc) is 3.77. The number of aromatic nitrogens is 2. The first-order valence-electron chi connectivity index (χ1n) is 13.0. The first kappa shape index (κ1) is 25.2. The summed E-state index contributed by atoms with van der Waals surface area (Å²) >= 11 is 0. The van der Waals surface area contributed by atoms with Crippen LogP contribution in [0.1, 0.15) is 46.7 Å². The fourth-order valence-electron chi connectivity index (χ4n) is 4.81. The summed E-state index contributed by atoms with van der Waals surface area (Å²) in [6.07, 6.45) is 4.29. The molecular formula is C30H34N4O3. The maximum atomic E-state index is 11.9. The molecule has 7 heteroatoms. The molecule has 0 bridgehead atoms. The summed E-state index contributed by atoms with van der Waals surface area (Å²) < 4.78 is 5.43. The fourth-order valence-corrected chi connectivity index (χ4v) is 4.81. The van der Waals surface area contributed by atoms with Crippen LogP contribution in [-0.4, -0.2) is 70.8 Å². The Morgan fingerprint density at radius 3 is 2.38 bits per heavy atom. The molecule has 192 valence electrons. The molecule has 0 radical (unpaired) electrons. The van der Waals surface area contributed by atoms with Gasteiger partial charge in [-0.25, -0.2) is 4.98 Å². The molecule has 7 nitrogen and oxygen atoms in total. The third kappa shape index (κ3) is 6.86. The van der Waals surface area contributed by atoms with Crippen LogP contribution in [0, 0.1) is 11.8 Å². The van der Waals surface area contributed by atoms with E-state index in [0.29, 0.717) is 18.2 Å². The molecule has 2 N–H and O–H groups in total. The van der Waals surface area contributed by atoms with Crippen LogP contribution >= 0.6 is 0 Å². The second-order valence-corrected chi connectivity index (χ2v) is 10.1. The van der Waals surface area contributed by atoms with Gasteiger partial charge in [0.25, 0.3) is 5.56 Å². The predicted molar refractivity (Wildman–Crippen MR) is 144 cm³/mol. The number of aromatic hydroxyl groups is 1. The summed E-state index contributed by atoms with van der Waals surface area (Å²) in [7, 11) is 2.14. The topological polar surface area (TPSA) is 81.7 Å². The minimum absolute atomic E-state index is 0.104. The Balaban J connectivity index is 1.26. The molecule has 1 aliphatic heterocycles. The second kappa shape index (κ2) is 11.7. The summed E-state index contributed by atoms with van der Waals surface area (Å²) in [4.78, 5) is 23.3. The number of aromatic amines is 1. The number of hydrogen-bond donors (Lipinski definition) is 2. The molecule has 1 saturated heterocycles. The summed E-state index contributed by atoms with van der Waals surface area (Å²) in [6, 6.07) is 17.4.